The molecule has 0 heterocycles. The Kier molecular flexibility index (Phi) is 5.50. The van der Waals surface area contributed by atoms with Gasteiger partial charge in [0.05, 0.1) is 0 Å². The van der Waals surface area contributed by atoms with Crippen LogP contribution in [0.2, 0.25) is 0 Å². The molecule has 0 aliphatic heterocycles. The third-order valence-electron chi connectivity index (χ3n) is 4.22. The molecule has 0 saturated heterocycles. The van der Waals surface area contributed by atoms with E-state index in [2.05, 4.69) is 26.1 Å². The van der Waals surface area contributed by atoms with Crippen LogP contribution >= 0.6 is 11.8 Å². The minimum atomic E-state index is -0.136. The maximum Gasteiger partial charge on any atom is 0.124 e. The first-order valence-corrected chi connectivity index (χ1v) is 8.56. The van der Waals surface area contributed by atoms with Crippen molar-refractivity contribution < 1.29 is 4.39 Å². The molecule has 2 rings (SSSR count). The van der Waals surface area contributed by atoms with Gasteiger partial charge in [-0.15, -0.1) is 11.8 Å². The van der Waals surface area contributed by atoms with Crippen LogP contribution in [-0.2, 0) is 0 Å². The monoisotopic (exact) mass is 295 g/mol. The molecule has 20 heavy (non-hydrogen) atoms. The molecular formula is C17H26FNS. The first-order valence-electron chi connectivity index (χ1n) is 7.68. The lowest BCUT2D eigenvalue weighted by Gasteiger charge is -2.44. The van der Waals surface area contributed by atoms with E-state index in [1.807, 2.05) is 17.8 Å². The minimum absolute atomic E-state index is 0.136. The van der Waals surface area contributed by atoms with Crippen LogP contribution in [0, 0.1) is 11.2 Å². The van der Waals surface area contributed by atoms with Crippen molar-refractivity contribution in [3.63, 3.8) is 0 Å². The van der Waals surface area contributed by atoms with Crippen LogP contribution in [0.25, 0.3) is 0 Å². The van der Waals surface area contributed by atoms with Gasteiger partial charge in [0.15, 0.2) is 0 Å². The summed E-state index contributed by atoms with van der Waals surface area (Å²) in [7, 11) is 0. The Morgan fingerprint density at radius 2 is 2.20 bits per heavy atom. The zero-order valence-electron chi connectivity index (χ0n) is 12.8. The predicted octanol–water partition coefficient (Wildman–Crippen LogP) is 4.86. The minimum Gasteiger partial charge on any atom is -0.312 e. The molecule has 1 N–H and O–H groups in total. The highest BCUT2D eigenvalue weighted by atomic mass is 32.2. The Morgan fingerprint density at radius 3 is 2.90 bits per heavy atom. The molecule has 1 aromatic carbocycles. The van der Waals surface area contributed by atoms with Gasteiger partial charge in [-0.1, -0.05) is 33.3 Å². The fourth-order valence-electron chi connectivity index (χ4n) is 3.13. The van der Waals surface area contributed by atoms with Crippen LogP contribution in [0.5, 0.6) is 0 Å². The molecule has 1 fully saturated rings. The Balaban J connectivity index is 2.10. The summed E-state index contributed by atoms with van der Waals surface area (Å²) < 4.78 is 13.3. The first-order chi connectivity index (χ1) is 9.53. The Hall–Kier alpha value is -0.540. The van der Waals surface area contributed by atoms with Crippen LogP contribution in [0.1, 0.15) is 46.5 Å². The SMILES string of the molecule is CCCNC1C(Sc2cccc(F)c2)CCCC1(C)C. The molecule has 0 radical (unpaired) electrons. The Labute approximate surface area is 126 Å². The fourth-order valence-corrected chi connectivity index (χ4v) is 4.71. The maximum atomic E-state index is 13.3. The third-order valence-corrected chi connectivity index (χ3v) is 5.56. The van der Waals surface area contributed by atoms with E-state index >= 15 is 0 Å². The zero-order valence-corrected chi connectivity index (χ0v) is 13.6. The molecule has 1 saturated carbocycles. The van der Waals surface area contributed by atoms with Crippen molar-refractivity contribution in [2.24, 2.45) is 5.41 Å². The highest BCUT2D eigenvalue weighted by Crippen LogP contribution is 2.42. The number of benzene rings is 1. The van der Waals surface area contributed by atoms with Crippen molar-refractivity contribution in [1.29, 1.82) is 0 Å². The lowest BCUT2D eigenvalue weighted by molar-refractivity contribution is 0.175. The second-order valence-electron chi connectivity index (χ2n) is 6.43. The highest BCUT2D eigenvalue weighted by molar-refractivity contribution is 8.00. The van der Waals surface area contributed by atoms with Crippen LogP contribution < -0.4 is 5.32 Å². The van der Waals surface area contributed by atoms with Crippen molar-refractivity contribution in [3.8, 4) is 0 Å². The first kappa shape index (κ1) is 15.8. The summed E-state index contributed by atoms with van der Waals surface area (Å²) in [5.74, 6) is -0.136. The van der Waals surface area contributed by atoms with Crippen LogP contribution in [-0.4, -0.2) is 17.8 Å². The summed E-state index contributed by atoms with van der Waals surface area (Å²) in [5, 5.41) is 4.27. The quantitative estimate of drug-likeness (QED) is 0.832. The molecule has 0 spiro atoms. The van der Waals surface area contributed by atoms with E-state index in [4.69, 9.17) is 0 Å². The average Bonchev–Trinajstić information content (AvgIpc) is 2.37. The molecule has 2 unspecified atom stereocenters. The zero-order chi connectivity index (χ0) is 14.6. The molecule has 1 aliphatic rings. The number of thioether (sulfide) groups is 1. The van der Waals surface area contributed by atoms with E-state index in [1.54, 1.807) is 12.1 Å². The van der Waals surface area contributed by atoms with E-state index in [-0.39, 0.29) is 5.82 Å². The fraction of sp³-hybridized carbons (Fsp3) is 0.647. The van der Waals surface area contributed by atoms with Gasteiger partial charge in [0.1, 0.15) is 5.82 Å². The normalized spacial score (nSPS) is 25.6. The van der Waals surface area contributed by atoms with Crippen LogP contribution in [0.3, 0.4) is 0 Å². The van der Waals surface area contributed by atoms with E-state index in [1.165, 1.54) is 25.3 Å². The molecule has 0 aromatic heterocycles. The number of rotatable bonds is 5. The summed E-state index contributed by atoms with van der Waals surface area (Å²) >= 11 is 1.84. The van der Waals surface area contributed by atoms with Gasteiger partial charge in [0.25, 0.3) is 0 Å². The van der Waals surface area contributed by atoms with Gasteiger partial charge in [-0.2, -0.15) is 0 Å². The molecule has 3 heteroatoms. The van der Waals surface area contributed by atoms with Crippen LogP contribution in [0.4, 0.5) is 4.39 Å². The highest BCUT2D eigenvalue weighted by Gasteiger charge is 2.38. The van der Waals surface area contributed by atoms with Gasteiger partial charge in [-0.3, -0.25) is 0 Å². The van der Waals surface area contributed by atoms with Crippen LogP contribution in [0.15, 0.2) is 29.2 Å². The molecule has 0 amide bonds. The second-order valence-corrected chi connectivity index (χ2v) is 7.74. The molecule has 1 aliphatic carbocycles. The smallest absolute Gasteiger partial charge is 0.124 e. The number of nitrogens with one attached hydrogen (secondary N) is 1. The lowest BCUT2D eigenvalue weighted by Crippen LogP contribution is -2.51. The lowest BCUT2D eigenvalue weighted by atomic mass is 9.73. The molecule has 112 valence electrons. The second kappa shape index (κ2) is 6.95. The topological polar surface area (TPSA) is 12.0 Å². The molecule has 0 bridgehead atoms. The van der Waals surface area contributed by atoms with E-state index in [0.717, 1.165) is 17.9 Å². The summed E-state index contributed by atoms with van der Waals surface area (Å²) in [6.45, 7) is 7.99. The Morgan fingerprint density at radius 1 is 1.40 bits per heavy atom. The van der Waals surface area contributed by atoms with Crippen molar-refractivity contribution in [2.45, 2.75) is 62.6 Å². The van der Waals surface area contributed by atoms with Crippen molar-refractivity contribution in [1.82, 2.24) is 5.32 Å². The van der Waals surface area contributed by atoms with Gasteiger partial charge >= 0.3 is 0 Å². The van der Waals surface area contributed by atoms with Gasteiger partial charge in [-0.05, 0) is 49.4 Å². The average molecular weight is 295 g/mol. The summed E-state index contributed by atoms with van der Waals surface area (Å²) in [6, 6.07) is 7.50. The molecule has 2 atom stereocenters. The largest absolute Gasteiger partial charge is 0.312 e. The number of halogens is 1. The standard InChI is InChI=1S/C17H26FNS/c1-4-11-19-16-15(9-6-10-17(16,2)3)20-14-8-5-7-13(18)12-14/h5,7-8,12,15-16,19H,4,6,9-11H2,1-3H3. The summed E-state index contributed by atoms with van der Waals surface area (Å²) in [5.41, 5.74) is 0.318. The van der Waals surface area contributed by atoms with E-state index < -0.39 is 0 Å². The van der Waals surface area contributed by atoms with E-state index in [9.17, 15) is 4.39 Å². The molecular weight excluding hydrogens is 269 g/mol. The van der Waals surface area contributed by atoms with Gasteiger partial charge in [0, 0.05) is 16.2 Å². The maximum absolute atomic E-state index is 13.3. The van der Waals surface area contributed by atoms with Gasteiger partial charge < -0.3 is 5.32 Å². The van der Waals surface area contributed by atoms with Crippen molar-refractivity contribution in [3.05, 3.63) is 30.1 Å². The summed E-state index contributed by atoms with van der Waals surface area (Å²) in [6.07, 6.45) is 4.91. The van der Waals surface area contributed by atoms with Crippen molar-refractivity contribution >= 4 is 11.8 Å². The molecule has 1 aromatic rings. The summed E-state index contributed by atoms with van der Waals surface area (Å²) in [4.78, 5) is 1.05. The number of hydrogen-bond acceptors (Lipinski definition) is 2. The van der Waals surface area contributed by atoms with Crippen molar-refractivity contribution in [2.75, 3.05) is 6.54 Å². The van der Waals surface area contributed by atoms with Gasteiger partial charge in [-0.25, -0.2) is 4.39 Å². The Bertz CT molecular complexity index is 433. The van der Waals surface area contributed by atoms with E-state index in [0.29, 0.717) is 16.7 Å². The predicted molar refractivity (Wildman–Crippen MR) is 85.8 cm³/mol. The number of hydrogen-bond donors (Lipinski definition) is 1. The third kappa shape index (κ3) is 3.98. The van der Waals surface area contributed by atoms with Gasteiger partial charge in [0.2, 0.25) is 0 Å². The molecule has 1 nitrogen and oxygen atoms in total.